The van der Waals surface area contributed by atoms with Gasteiger partial charge in [0.15, 0.2) is 0 Å². The number of carbonyl (C=O) groups is 1. The van der Waals surface area contributed by atoms with Crippen molar-refractivity contribution in [2.24, 2.45) is 0 Å². The number of aromatic nitrogens is 4. The monoisotopic (exact) mass is 500 g/mol. The third-order valence-corrected chi connectivity index (χ3v) is 6.05. The van der Waals surface area contributed by atoms with E-state index in [1.807, 2.05) is 11.5 Å². The highest BCUT2D eigenvalue weighted by atomic mass is 19.4. The third kappa shape index (κ3) is 4.43. The Balaban J connectivity index is 1.98. The second-order valence-electron chi connectivity index (χ2n) is 8.31. The Morgan fingerprint density at radius 3 is 2.50 bits per heavy atom. The van der Waals surface area contributed by atoms with Crippen molar-refractivity contribution in [2.45, 2.75) is 45.5 Å². The van der Waals surface area contributed by atoms with E-state index in [9.17, 15) is 32.7 Å². The van der Waals surface area contributed by atoms with Gasteiger partial charge in [-0.3, -0.25) is 13.9 Å². The van der Waals surface area contributed by atoms with Gasteiger partial charge < -0.3 is 9.67 Å². The van der Waals surface area contributed by atoms with Gasteiger partial charge in [0.2, 0.25) is 0 Å². The summed E-state index contributed by atoms with van der Waals surface area (Å²) in [6, 6.07) is 8.16. The SMILES string of the molecule is CCCC(c1cccc(C(F)(F)F)c1)n1c(=O)c(C(=O)O)cn(-c2ccc3c(c2)ncn3CC)c1=O. The van der Waals surface area contributed by atoms with E-state index < -0.39 is 40.6 Å². The number of carboxylic acids is 1. The summed E-state index contributed by atoms with van der Waals surface area (Å²) in [4.78, 5) is 43.0. The van der Waals surface area contributed by atoms with Crippen molar-refractivity contribution in [1.82, 2.24) is 18.7 Å². The van der Waals surface area contributed by atoms with Gasteiger partial charge in [-0.25, -0.2) is 14.6 Å². The molecule has 0 saturated heterocycles. The standard InChI is InChI=1S/C25H23F3N4O4/c1-3-6-20(15-7-5-8-16(11-15)25(26,27)28)32-22(33)18(23(34)35)13-31(24(32)36)17-9-10-21-19(12-17)29-14-30(21)4-2/h5,7-14,20H,3-4,6H2,1-2H3,(H,34,35). The Hall–Kier alpha value is -4.15. The van der Waals surface area contributed by atoms with Gasteiger partial charge in [0, 0.05) is 12.7 Å². The van der Waals surface area contributed by atoms with E-state index in [4.69, 9.17) is 0 Å². The molecule has 1 unspecified atom stereocenters. The molecule has 4 aromatic rings. The highest BCUT2D eigenvalue weighted by Crippen LogP contribution is 2.32. The van der Waals surface area contributed by atoms with Gasteiger partial charge in [-0.2, -0.15) is 13.2 Å². The van der Waals surface area contributed by atoms with Crippen LogP contribution in [0.5, 0.6) is 0 Å². The average molecular weight is 500 g/mol. The smallest absolute Gasteiger partial charge is 0.416 e. The first-order chi connectivity index (χ1) is 17.1. The molecule has 0 aliphatic carbocycles. The second-order valence-corrected chi connectivity index (χ2v) is 8.31. The number of aromatic carboxylic acids is 1. The van der Waals surface area contributed by atoms with Crippen molar-refractivity contribution in [2.75, 3.05) is 0 Å². The minimum absolute atomic E-state index is 0.0807. The number of fused-ring (bicyclic) bond motifs is 1. The molecule has 1 N–H and O–H groups in total. The summed E-state index contributed by atoms with van der Waals surface area (Å²) in [5.74, 6) is -1.56. The van der Waals surface area contributed by atoms with Gasteiger partial charge in [-0.1, -0.05) is 25.5 Å². The molecule has 0 aliphatic rings. The summed E-state index contributed by atoms with van der Waals surface area (Å²) >= 11 is 0. The normalized spacial score (nSPS) is 12.7. The van der Waals surface area contributed by atoms with Crippen LogP contribution in [-0.2, 0) is 12.7 Å². The largest absolute Gasteiger partial charge is 0.477 e. The summed E-state index contributed by atoms with van der Waals surface area (Å²) in [6.45, 7) is 4.36. The lowest BCUT2D eigenvalue weighted by Gasteiger charge is -2.22. The molecule has 188 valence electrons. The molecule has 11 heteroatoms. The van der Waals surface area contributed by atoms with Crippen LogP contribution in [0.1, 0.15) is 54.2 Å². The van der Waals surface area contributed by atoms with Gasteiger partial charge in [-0.15, -0.1) is 0 Å². The number of benzene rings is 2. The van der Waals surface area contributed by atoms with Crippen LogP contribution in [0.15, 0.2) is 64.6 Å². The van der Waals surface area contributed by atoms with E-state index in [1.54, 1.807) is 31.5 Å². The minimum Gasteiger partial charge on any atom is -0.477 e. The van der Waals surface area contributed by atoms with Gasteiger partial charge in [0.05, 0.1) is 34.7 Å². The molecule has 4 rings (SSSR count). The summed E-state index contributed by atoms with van der Waals surface area (Å²) in [7, 11) is 0. The average Bonchev–Trinajstić information content (AvgIpc) is 3.25. The van der Waals surface area contributed by atoms with Crippen LogP contribution >= 0.6 is 0 Å². The lowest BCUT2D eigenvalue weighted by Crippen LogP contribution is -2.44. The lowest BCUT2D eigenvalue weighted by atomic mass is 9.99. The summed E-state index contributed by atoms with van der Waals surface area (Å²) in [5, 5.41) is 9.70. The minimum atomic E-state index is -4.63. The zero-order valence-electron chi connectivity index (χ0n) is 19.5. The van der Waals surface area contributed by atoms with Gasteiger partial charge >= 0.3 is 17.8 Å². The lowest BCUT2D eigenvalue weighted by molar-refractivity contribution is -0.137. The molecule has 2 heterocycles. The van der Waals surface area contributed by atoms with Crippen molar-refractivity contribution in [3.63, 3.8) is 0 Å². The van der Waals surface area contributed by atoms with Gasteiger partial charge in [0.1, 0.15) is 5.56 Å². The molecule has 0 aliphatic heterocycles. The van der Waals surface area contributed by atoms with Crippen LogP contribution < -0.4 is 11.2 Å². The number of carboxylic acid groups (broad SMARTS) is 1. The van der Waals surface area contributed by atoms with E-state index in [0.29, 0.717) is 18.5 Å². The number of imidazole rings is 1. The fourth-order valence-corrected chi connectivity index (χ4v) is 4.27. The van der Waals surface area contributed by atoms with E-state index in [-0.39, 0.29) is 17.7 Å². The van der Waals surface area contributed by atoms with E-state index >= 15 is 0 Å². The maximum absolute atomic E-state index is 13.6. The van der Waals surface area contributed by atoms with Crippen LogP contribution in [0.3, 0.4) is 0 Å². The number of hydrogen-bond acceptors (Lipinski definition) is 4. The Labute approximate surface area is 202 Å². The predicted molar refractivity (Wildman–Crippen MR) is 127 cm³/mol. The molecule has 0 fully saturated rings. The first-order valence-corrected chi connectivity index (χ1v) is 11.3. The van der Waals surface area contributed by atoms with Crippen molar-refractivity contribution in [3.05, 3.63) is 92.5 Å². The number of nitrogens with zero attached hydrogens (tertiary/aromatic N) is 4. The molecular weight excluding hydrogens is 477 g/mol. The second kappa shape index (κ2) is 9.48. The van der Waals surface area contributed by atoms with E-state index in [2.05, 4.69) is 4.98 Å². The first kappa shape index (κ1) is 25.0. The Kier molecular flexibility index (Phi) is 6.57. The molecular formula is C25H23F3N4O4. The zero-order chi connectivity index (χ0) is 26.2. The molecule has 2 aromatic carbocycles. The molecule has 1 atom stereocenters. The van der Waals surface area contributed by atoms with Crippen molar-refractivity contribution >= 4 is 17.0 Å². The number of alkyl halides is 3. The number of hydrogen-bond donors (Lipinski definition) is 1. The van der Waals surface area contributed by atoms with Crippen LogP contribution in [0, 0.1) is 0 Å². The number of halogens is 3. The summed E-state index contributed by atoms with van der Waals surface area (Å²) < 4.78 is 43.7. The highest BCUT2D eigenvalue weighted by Gasteiger charge is 2.32. The predicted octanol–water partition coefficient (Wildman–Crippen LogP) is 4.48. The first-order valence-electron chi connectivity index (χ1n) is 11.3. The molecule has 0 bridgehead atoms. The summed E-state index contributed by atoms with van der Waals surface area (Å²) in [5.41, 5.74) is -1.86. The topological polar surface area (TPSA) is 99.1 Å². The third-order valence-electron chi connectivity index (χ3n) is 6.05. The Bertz CT molecular complexity index is 1570. The molecule has 2 aromatic heterocycles. The van der Waals surface area contributed by atoms with E-state index in [0.717, 1.165) is 33.0 Å². The van der Waals surface area contributed by atoms with Crippen LogP contribution in [0.4, 0.5) is 13.2 Å². The van der Waals surface area contributed by atoms with Crippen molar-refractivity contribution in [3.8, 4) is 5.69 Å². The van der Waals surface area contributed by atoms with E-state index in [1.165, 1.54) is 12.1 Å². The van der Waals surface area contributed by atoms with Crippen molar-refractivity contribution < 1.29 is 23.1 Å². The van der Waals surface area contributed by atoms with Crippen LogP contribution in [0.2, 0.25) is 0 Å². The molecule has 0 amide bonds. The number of rotatable bonds is 7. The Morgan fingerprint density at radius 2 is 1.86 bits per heavy atom. The molecule has 36 heavy (non-hydrogen) atoms. The highest BCUT2D eigenvalue weighted by molar-refractivity contribution is 5.87. The quantitative estimate of drug-likeness (QED) is 0.404. The molecule has 0 radical (unpaired) electrons. The van der Waals surface area contributed by atoms with Crippen LogP contribution in [-0.4, -0.2) is 29.8 Å². The fraction of sp³-hybridized carbons (Fsp3) is 0.280. The zero-order valence-corrected chi connectivity index (χ0v) is 19.5. The molecule has 8 nitrogen and oxygen atoms in total. The Morgan fingerprint density at radius 1 is 1.11 bits per heavy atom. The number of aryl methyl sites for hydroxylation is 1. The van der Waals surface area contributed by atoms with Crippen molar-refractivity contribution in [1.29, 1.82) is 0 Å². The fourth-order valence-electron chi connectivity index (χ4n) is 4.27. The van der Waals surface area contributed by atoms with Gasteiger partial charge in [0.25, 0.3) is 5.56 Å². The maximum Gasteiger partial charge on any atom is 0.416 e. The summed E-state index contributed by atoms with van der Waals surface area (Å²) in [6.07, 6.45) is -1.50. The molecule has 0 spiro atoms. The van der Waals surface area contributed by atoms with Crippen LogP contribution in [0.25, 0.3) is 16.7 Å². The molecule has 0 saturated carbocycles. The van der Waals surface area contributed by atoms with Gasteiger partial charge in [-0.05, 0) is 49.2 Å². The maximum atomic E-state index is 13.6.